The number of amides is 1. The normalized spacial score (nSPS) is 10.2. The van der Waals surface area contributed by atoms with Gasteiger partial charge in [-0.05, 0) is 18.2 Å². The van der Waals surface area contributed by atoms with E-state index in [4.69, 9.17) is 10.00 Å². The summed E-state index contributed by atoms with van der Waals surface area (Å²) in [4.78, 5) is 19.3. The van der Waals surface area contributed by atoms with Crippen LogP contribution in [0.15, 0.2) is 24.4 Å². The second-order valence-electron chi connectivity index (χ2n) is 4.53. The number of nitriles is 1. The van der Waals surface area contributed by atoms with Gasteiger partial charge in [-0.15, -0.1) is 0 Å². The average molecular weight is 352 g/mol. The zero-order valence-electron chi connectivity index (χ0n) is 12.8. The van der Waals surface area contributed by atoms with Gasteiger partial charge in [0.2, 0.25) is 0 Å². The van der Waals surface area contributed by atoms with Gasteiger partial charge in [-0.1, -0.05) is 0 Å². The fraction of sp³-hybridized carbons (Fsp3) is 0.200. The van der Waals surface area contributed by atoms with Crippen molar-refractivity contribution in [2.24, 2.45) is 0 Å². The number of methoxy groups -OCH3 is 1. The van der Waals surface area contributed by atoms with Crippen molar-refractivity contribution in [3.05, 3.63) is 47.2 Å². The van der Waals surface area contributed by atoms with E-state index in [1.54, 1.807) is 0 Å². The van der Waals surface area contributed by atoms with Crippen LogP contribution in [0.1, 0.15) is 21.7 Å². The van der Waals surface area contributed by atoms with Crippen molar-refractivity contribution in [3.8, 4) is 17.7 Å². The summed E-state index contributed by atoms with van der Waals surface area (Å²) in [6, 6.07) is 5.54. The Bertz CT molecular complexity index is 824. The van der Waals surface area contributed by atoms with Gasteiger partial charge in [0.1, 0.15) is 23.2 Å². The van der Waals surface area contributed by atoms with Crippen LogP contribution in [0.3, 0.4) is 0 Å². The van der Waals surface area contributed by atoms with Gasteiger partial charge < -0.3 is 14.8 Å². The van der Waals surface area contributed by atoms with Crippen molar-refractivity contribution < 1.29 is 27.4 Å². The molecule has 0 saturated carbocycles. The molecule has 1 N–H and O–H groups in total. The van der Waals surface area contributed by atoms with E-state index in [0.29, 0.717) is 11.4 Å². The van der Waals surface area contributed by atoms with Gasteiger partial charge in [0.05, 0.1) is 19.2 Å². The molecule has 2 rings (SSSR count). The molecule has 0 aliphatic heterocycles. The lowest BCUT2D eigenvalue weighted by Crippen LogP contribution is -2.24. The van der Waals surface area contributed by atoms with Crippen LogP contribution >= 0.6 is 0 Å². The molecule has 0 aliphatic rings. The molecule has 0 fully saturated rings. The number of hydrogen-bond acceptors (Lipinski definition) is 6. The zero-order valence-corrected chi connectivity index (χ0v) is 12.8. The highest BCUT2D eigenvalue weighted by Gasteiger charge is 2.16. The van der Waals surface area contributed by atoms with Gasteiger partial charge in [-0.2, -0.15) is 14.0 Å². The minimum atomic E-state index is -3.23. The van der Waals surface area contributed by atoms with Crippen LogP contribution in [0.4, 0.5) is 13.2 Å². The molecule has 0 aliphatic carbocycles. The van der Waals surface area contributed by atoms with E-state index in [1.807, 2.05) is 6.07 Å². The number of hydrogen-bond donors (Lipinski definition) is 1. The molecule has 0 unspecified atom stereocenters. The molecule has 25 heavy (non-hydrogen) atoms. The summed E-state index contributed by atoms with van der Waals surface area (Å²) in [5.41, 5.74) is 0.224. The number of pyridine rings is 2. The summed E-state index contributed by atoms with van der Waals surface area (Å²) in [5, 5.41) is 11.3. The molecule has 0 bridgehead atoms. The highest BCUT2D eigenvalue weighted by Crippen LogP contribution is 2.18. The van der Waals surface area contributed by atoms with Crippen LogP contribution in [0.5, 0.6) is 11.6 Å². The molecule has 7 nitrogen and oxygen atoms in total. The Labute approximate surface area is 140 Å². The number of rotatable bonds is 6. The summed E-state index contributed by atoms with van der Waals surface area (Å²) < 4.78 is 46.6. The maximum absolute atomic E-state index is 13.6. The van der Waals surface area contributed by atoms with E-state index in [1.165, 1.54) is 19.2 Å². The molecule has 0 atom stereocenters. The predicted octanol–water partition coefficient (Wildman–Crippen LogP) is 2.03. The molecular formula is C15H11F3N4O3. The second-order valence-corrected chi connectivity index (χ2v) is 4.53. The van der Waals surface area contributed by atoms with Crippen molar-refractivity contribution >= 4 is 5.91 Å². The van der Waals surface area contributed by atoms with Crippen LogP contribution < -0.4 is 14.8 Å². The van der Waals surface area contributed by atoms with Gasteiger partial charge in [-0.25, -0.2) is 14.4 Å². The van der Waals surface area contributed by atoms with E-state index in [-0.39, 0.29) is 17.8 Å². The molecule has 1 amide bonds. The van der Waals surface area contributed by atoms with Gasteiger partial charge in [-0.3, -0.25) is 4.79 Å². The van der Waals surface area contributed by atoms with E-state index >= 15 is 0 Å². The van der Waals surface area contributed by atoms with Gasteiger partial charge in [0.15, 0.2) is 5.82 Å². The summed E-state index contributed by atoms with van der Waals surface area (Å²) in [6.45, 7) is -3.33. The topological polar surface area (TPSA) is 97.1 Å². The van der Waals surface area contributed by atoms with Crippen molar-refractivity contribution in [2.45, 2.75) is 13.2 Å². The highest BCUT2D eigenvalue weighted by atomic mass is 19.3. The lowest BCUT2D eigenvalue weighted by molar-refractivity contribution is -0.0553. The number of nitrogens with one attached hydrogen (secondary N) is 1. The Morgan fingerprint density at radius 1 is 1.44 bits per heavy atom. The first-order chi connectivity index (χ1) is 11.9. The SMILES string of the molecule is COc1ccc(C#N)nc1CNC(=O)c1cnc(OC(F)F)c(F)c1. The molecule has 2 aromatic rings. The Balaban J connectivity index is 2.10. The van der Waals surface area contributed by atoms with E-state index in [9.17, 15) is 18.0 Å². The predicted molar refractivity (Wildman–Crippen MR) is 77.5 cm³/mol. The van der Waals surface area contributed by atoms with Crippen molar-refractivity contribution in [2.75, 3.05) is 7.11 Å². The fourth-order valence-corrected chi connectivity index (χ4v) is 1.85. The molecule has 0 saturated heterocycles. The third kappa shape index (κ3) is 4.57. The van der Waals surface area contributed by atoms with Crippen LogP contribution in [0.25, 0.3) is 0 Å². The smallest absolute Gasteiger partial charge is 0.388 e. The van der Waals surface area contributed by atoms with Gasteiger partial charge in [0, 0.05) is 6.20 Å². The number of carbonyl (C=O) groups is 1. The first-order valence-electron chi connectivity index (χ1n) is 6.77. The largest absolute Gasteiger partial charge is 0.495 e. The summed E-state index contributed by atoms with van der Waals surface area (Å²) >= 11 is 0. The van der Waals surface area contributed by atoms with Gasteiger partial charge in [0.25, 0.3) is 11.8 Å². The quantitative estimate of drug-likeness (QED) is 0.854. The van der Waals surface area contributed by atoms with Crippen molar-refractivity contribution in [1.82, 2.24) is 15.3 Å². The number of aromatic nitrogens is 2. The van der Waals surface area contributed by atoms with E-state index in [0.717, 1.165) is 12.3 Å². The fourth-order valence-electron chi connectivity index (χ4n) is 1.85. The third-order valence-corrected chi connectivity index (χ3v) is 2.95. The van der Waals surface area contributed by atoms with E-state index < -0.39 is 24.2 Å². The molecule has 10 heteroatoms. The van der Waals surface area contributed by atoms with Crippen LogP contribution in [0, 0.1) is 17.1 Å². The zero-order chi connectivity index (χ0) is 18.4. The first kappa shape index (κ1) is 18.0. The third-order valence-electron chi connectivity index (χ3n) is 2.95. The Morgan fingerprint density at radius 3 is 2.80 bits per heavy atom. The first-order valence-corrected chi connectivity index (χ1v) is 6.77. The van der Waals surface area contributed by atoms with Crippen LogP contribution in [0.2, 0.25) is 0 Å². The molecule has 0 radical (unpaired) electrons. The molecular weight excluding hydrogens is 341 g/mol. The summed E-state index contributed by atoms with van der Waals surface area (Å²) in [6.07, 6.45) is 0.895. The summed E-state index contributed by atoms with van der Waals surface area (Å²) in [7, 11) is 1.40. The Hall–Kier alpha value is -3.35. The molecule has 0 spiro atoms. The highest BCUT2D eigenvalue weighted by molar-refractivity contribution is 5.93. The minimum Gasteiger partial charge on any atom is -0.495 e. The Kier molecular flexibility index (Phi) is 5.73. The number of halogens is 3. The molecule has 130 valence electrons. The molecule has 2 aromatic heterocycles. The standard InChI is InChI=1S/C15H11F3N4O3/c1-24-12-3-2-9(5-19)22-11(12)7-20-13(23)8-4-10(16)14(21-6-8)25-15(17)18/h2-4,6,15H,7H2,1H3,(H,20,23). The van der Waals surface area contributed by atoms with Crippen molar-refractivity contribution in [1.29, 1.82) is 5.26 Å². The lowest BCUT2D eigenvalue weighted by atomic mass is 10.2. The monoisotopic (exact) mass is 352 g/mol. The van der Waals surface area contributed by atoms with Gasteiger partial charge >= 0.3 is 6.61 Å². The average Bonchev–Trinajstić information content (AvgIpc) is 2.60. The summed E-state index contributed by atoms with van der Waals surface area (Å²) in [5.74, 6) is -2.47. The number of alkyl halides is 2. The second kappa shape index (κ2) is 7.96. The van der Waals surface area contributed by atoms with Crippen LogP contribution in [-0.4, -0.2) is 29.6 Å². The molecule has 0 aromatic carbocycles. The maximum atomic E-state index is 13.6. The maximum Gasteiger partial charge on any atom is 0.388 e. The number of carbonyl (C=O) groups excluding carboxylic acids is 1. The minimum absolute atomic E-state index is 0.103. The molecule has 2 heterocycles. The number of ether oxygens (including phenoxy) is 2. The van der Waals surface area contributed by atoms with Crippen molar-refractivity contribution in [3.63, 3.8) is 0 Å². The van der Waals surface area contributed by atoms with E-state index in [2.05, 4.69) is 20.0 Å². The Morgan fingerprint density at radius 2 is 2.20 bits per heavy atom. The van der Waals surface area contributed by atoms with Crippen LogP contribution in [-0.2, 0) is 6.54 Å². The number of nitrogens with zero attached hydrogens (tertiary/aromatic N) is 3. The lowest BCUT2D eigenvalue weighted by Gasteiger charge is -2.10.